The van der Waals surface area contributed by atoms with Crippen molar-refractivity contribution in [2.45, 2.75) is 26.4 Å². The van der Waals surface area contributed by atoms with Crippen LogP contribution >= 0.6 is 12.2 Å². The summed E-state index contributed by atoms with van der Waals surface area (Å²) in [4.78, 5) is 15.3. The summed E-state index contributed by atoms with van der Waals surface area (Å²) in [5.74, 6) is 0. The molecule has 0 unspecified atom stereocenters. The van der Waals surface area contributed by atoms with Crippen molar-refractivity contribution < 1.29 is 9.53 Å². The molecule has 1 aromatic carbocycles. The second kappa shape index (κ2) is 7.58. The number of ether oxygens (including phenoxy) is 1. The molecule has 0 radical (unpaired) electrons. The summed E-state index contributed by atoms with van der Waals surface area (Å²) in [5.41, 5.74) is 1.24. The molecule has 106 valence electrons. The van der Waals surface area contributed by atoms with E-state index >= 15 is 0 Å². The van der Waals surface area contributed by atoms with Crippen molar-refractivity contribution in [1.29, 1.82) is 0 Å². The molecule has 5 heteroatoms. The number of isothiocyanates is 1. The first-order valence-electron chi connectivity index (χ1n) is 6.22. The van der Waals surface area contributed by atoms with Gasteiger partial charge in [-0.3, -0.25) is 0 Å². The number of nitrogens with one attached hydrogen (secondary N) is 1. The molecule has 0 aromatic heterocycles. The molecule has 1 rings (SSSR count). The van der Waals surface area contributed by atoms with Crippen LogP contribution < -0.4 is 5.32 Å². The van der Waals surface area contributed by atoms with E-state index in [2.05, 4.69) is 27.7 Å². The van der Waals surface area contributed by atoms with Crippen LogP contribution in [0.3, 0.4) is 0 Å². The van der Waals surface area contributed by atoms with E-state index in [0.717, 1.165) is 11.3 Å². The fourth-order valence-electron chi connectivity index (χ4n) is 1.40. The van der Waals surface area contributed by atoms with E-state index in [-0.39, 0.29) is 0 Å². The number of rotatable bonds is 4. The van der Waals surface area contributed by atoms with Gasteiger partial charge in [-0.2, -0.15) is 4.99 Å². The van der Waals surface area contributed by atoms with Crippen LogP contribution in [0.2, 0.25) is 0 Å². The van der Waals surface area contributed by atoms with Crippen LogP contribution in [0.15, 0.2) is 35.3 Å². The normalized spacial score (nSPS) is 10.9. The van der Waals surface area contributed by atoms with Crippen LogP contribution in [0, 0.1) is 0 Å². The Labute approximate surface area is 124 Å². The molecule has 0 aliphatic rings. The Morgan fingerprint density at radius 2 is 2.25 bits per heavy atom. The van der Waals surface area contributed by atoms with Gasteiger partial charge in [0.05, 0.1) is 10.8 Å². The number of alkyl carbamates (subject to hydrolysis) is 1. The van der Waals surface area contributed by atoms with Gasteiger partial charge in [-0.05, 0) is 50.7 Å². The Hall–Kier alpha value is -1.97. The summed E-state index contributed by atoms with van der Waals surface area (Å²) in [6, 6.07) is 7.54. The first kappa shape index (κ1) is 16.1. The van der Waals surface area contributed by atoms with Crippen LogP contribution in [0.4, 0.5) is 10.5 Å². The van der Waals surface area contributed by atoms with Crippen molar-refractivity contribution in [3.05, 3.63) is 35.9 Å². The molecular weight excluding hydrogens is 272 g/mol. The quantitative estimate of drug-likeness (QED) is 0.674. The number of carbonyl (C=O) groups is 1. The Kier molecular flexibility index (Phi) is 6.10. The average Bonchev–Trinajstić information content (AvgIpc) is 2.33. The lowest BCUT2D eigenvalue weighted by molar-refractivity contribution is 0.0534. The summed E-state index contributed by atoms with van der Waals surface area (Å²) in [6.07, 6.45) is 3.30. The second-order valence-electron chi connectivity index (χ2n) is 5.08. The minimum absolute atomic E-state index is 0.398. The summed E-state index contributed by atoms with van der Waals surface area (Å²) < 4.78 is 5.12. The van der Waals surface area contributed by atoms with Crippen molar-refractivity contribution >= 4 is 35.2 Å². The van der Waals surface area contributed by atoms with Crippen LogP contribution in [0.25, 0.3) is 6.08 Å². The van der Waals surface area contributed by atoms with E-state index in [1.54, 1.807) is 0 Å². The van der Waals surface area contributed by atoms with Gasteiger partial charge in [-0.15, -0.1) is 0 Å². The third-order valence-electron chi connectivity index (χ3n) is 2.12. The van der Waals surface area contributed by atoms with Crippen molar-refractivity contribution in [2.75, 3.05) is 6.54 Å². The highest BCUT2D eigenvalue weighted by Crippen LogP contribution is 2.14. The molecule has 0 saturated heterocycles. The number of thiocarbonyl (C=S) groups is 1. The molecule has 0 saturated carbocycles. The second-order valence-corrected chi connectivity index (χ2v) is 5.27. The summed E-state index contributed by atoms with van der Waals surface area (Å²) in [7, 11) is 0. The van der Waals surface area contributed by atoms with Gasteiger partial charge in [0, 0.05) is 6.54 Å². The zero-order chi connectivity index (χ0) is 15.0. The third-order valence-corrected chi connectivity index (χ3v) is 2.21. The fraction of sp³-hybridized carbons (Fsp3) is 0.333. The van der Waals surface area contributed by atoms with Crippen molar-refractivity contribution in [2.24, 2.45) is 4.99 Å². The lowest BCUT2D eigenvalue weighted by Crippen LogP contribution is -2.32. The minimum atomic E-state index is -0.485. The smallest absolute Gasteiger partial charge is 0.407 e. The van der Waals surface area contributed by atoms with Gasteiger partial charge in [0.15, 0.2) is 0 Å². The molecule has 1 amide bonds. The SMILES string of the molecule is CC(C)(C)OC(=O)NCC=Cc1cccc(N=C=S)c1. The molecule has 0 heterocycles. The topological polar surface area (TPSA) is 50.7 Å². The highest BCUT2D eigenvalue weighted by Gasteiger charge is 2.14. The lowest BCUT2D eigenvalue weighted by Gasteiger charge is -2.19. The Bertz CT molecular complexity index is 541. The highest BCUT2D eigenvalue weighted by molar-refractivity contribution is 7.78. The zero-order valence-corrected chi connectivity index (χ0v) is 12.7. The van der Waals surface area contributed by atoms with Crippen LogP contribution in [0.1, 0.15) is 26.3 Å². The maximum atomic E-state index is 11.4. The van der Waals surface area contributed by atoms with Gasteiger partial charge in [0.25, 0.3) is 0 Å². The molecule has 0 aliphatic carbocycles. The van der Waals surface area contributed by atoms with Gasteiger partial charge in [0.2, 0.25) is 0 Å². The number of amides is 1. The number of nitrogens with zero attached hydrogens (tertiary/aromatic N) is 1. The number of aliphatic imine (C=N–C) groups is 1. The number of benzene rings is 1. The number of carbonyl (C=O) groups excluding carboxylic acids is 1. The fourth-order valence-corrected chi connectivity index (χ4v) is 1.51. The average molecular weight is 290 g/mol. The van der Waals surface area contributed by atoms with Crippen molar-refractivity contribution in [3.8, 4) is 0 Å². The zero-order valence-electron chi connectivity index (χ0n) is 11.8. The molecule has 20 heavy (non-hydrogen) atoms. The lowest BCUT2D eigenvalue weighted by atomic mass is 10.2. The number of hydrogen-bond donors (Lipinski definition) is 1. The van der Waals surface area contributed by atoms with Gasteiger partial charge in [0.1, 0.15) is 5.60 Å². The predicted molar refractivity (Wildman–Crippen MR) is 84.4 cm³/mol. The third kappa shape index (κ3) is 6.83. The molecule has 0 spiro atoms. The van der Waals surface area contributed by atoms with Gasteiger partial charge in [-0.25, -0.2) is 4.79 Å². The first-order chi connectivity index (χ1) is 9.40. The van der Waals surface area contributed by atoms with E-state index in [1.807, 2.05) is 57.2 Å². The van der Waals surface area contributed by atoms with Crippen molar-refractivity contribution in [3.63, 3.8) is 0 Å². The van der Waals surface area contributed by atoms with Gasteiger partial charge >= 0.3 is 6.09 Å². The molecule has 0 bridgehead atoms. The Morgan fingerprint density at radius 3 is 2.90 bits per heavy atom. The molecule has 0 fully saturated rings. The Morgan fingerprint density at radius 1 is 1.50 bits per heavy atom. The highest BCUT2D eigenvalue weighted by atomic mass is 32.1. The molecule has 1 aromatic rings. The molecule has 0 atom stereocenters. The minimum Gasteiger partial charge on any atom is -0.444 e. The Balaban J connectivity index is 2.47. The molecule has 1 N–H and O–H groups in total. The largest absolute Gasteiger partial charge is 0.444 e. The summed E-state index contributed by atoms with van der Waals surface area (Å²) in [5, 5.41) is 4.97. The summed E-state index contributed by atoms with van der Waals surface area (Å²) in [6.45, 7) is 5.87. The maximum absolute atomic E-state index is 11.4. The monoisotopic (exact) mass is 290 g/mol. The maximum Gasteiger partial charge on any atom is 0.407 e. The van der Waals surface area contributed by atoms with E-state index < -0.39 is 11.7 Å². The molecule has 0 aliphatic heterocycles. The van der Waals surface area contributed by atoms with E-state index in [1.165, 1.54) is 0 Å². The van der Waals surface area contributed by atoms with Crippen LogP contribution in [-0.2, 0) is 4.74 Å². The summed E-state index contributed by atoms with van der Waals surface area (Å²) >= 11 is 4.56. The molecular formula is C15H18N2O2S. The predicted octanol–water partition coefficient (Wildman–Crippen LogP) is 3.96. The van der Waals surface area contributed by atoms with Crippen molar-refractivity contribution in [1.82, 2.24) is 5.32 Å². The van der Waals surface area contributed by atoms with Crippen LogP contribution in [-0.4, -0.2) is 23.4 Å². The number of hydrogen-bond acceptors (Lipinski definition) is 4. The molecule has 4 nitrogen and oxygen atoms in total. The van der Waals surface area contributed by atoms with Crippen LogP contribution in [0.5, 0.6) is 0 Å². The first-order valence-corrected chi connectivity index (χ1v) is 6.63. The van der Waals surface area contributed by atoms with E-state index in [4.69, 9.17) is 4.74 Å². The standard InChI is InChI=1S/C15H18N2O2S/c1-15(2,3)19-14(18)16-9-5-7-12-6-4-8-13(10-12)17-11-20/h4-8,10H,9H2,1-3H3,(H,16,18). The van der Waals surface area contributed by atoms with E-state index in [9.17, 15) is 4.79 Å². The van der Waals surface area contributed by atoms with E-state index in [0.29, 0.717) is 6.54 Å². The van der Waals surface area contributed by atoms with Gasteiger partial charge < -0.3 is 10.1 Å². The van der Waals surface area contributed by atoms with Gasteiger partial charge in [-0.1, -0.05) is 24.3 Å².